The highest BCUT2D eigenvalue weighted by Crippen LogP contribution is 2.48. The fourth-order valence-electron chi connectivity index (χ4n) is 1.76. The van der Waals surface area contributed by atoms with E-state index in [4.69, 9.17) is 0 Å². The molecule has 3 heteroatoms. The molecule has 9 heavy (non-hydrogen) atoms. The molecule has 0 saturated heterocycles. The molecule has 1 aliphatic rings. The molecule has 0 heterocycles. The van der Waals surface area contributed by atoms with Crippen LogP contribution in [0.25, 0.3) is 0 Å². The van der Waals surface area contributed by atoms with Crippen molar-refractivity contribution in [1.82, 2.24) is 0 Å². The van der Waals surface area contributed by atoms with Crippen molar-refractivity contribution in [3.05, 3.63) is 0 Å². The van der Waals surface area contributed by atoms with Gasteiger partial charge in [0.15, 0.2) is 0 Å². The lowest BCUT2D eigenvalue weighted by atomic mass is 9.46. The van der Waals surface area contributed by atoms with Crippen molar-refractivity contribution < 1.29 is 0 Å². The van der Waals surface area contributed by atoms with E-state index in [0.29, 0.717) is 5.31 Å². The van der Waals surface area contributed by atoms with Crippen molar-refractivity contribution in [2.75, 3.05) is 0 Å². The van der Waals surface area contributed by atoms with Gasteiger partial charge in [0.1, 0.15) is 7.85 Å². The molecule has 0 spiro atoms. The Labute approximate surface area is 61.0 Å². The minimum atomic E-state index is 0.694. The first kappa shape index (κ1) is 7.30. The molecule has 0 aromatic carbocycles. The Hall–Kier alpha value is 0.195. The van der Waals surface area contributed by atoms with E-state index in [1.165, 1.54) is 25.7 Å². The van der Waals surface area contributed by atoms with Crippen LogP contribution in [0.2, 0.25) is 11.0 Å². The fraction of sp³-hybridized carbons (Fsp3) is 1.00. The molecule has 0 aromatic rings. The number of hydrogen-bond donors (Lipinski definition) is 0. The third-order valence-corrected chi connectivity index (χ3v) is 3.14. The topological polar surface area (TPSA) is 0 Å². The molecular weight excluding hydrogens is 105 g/mol. The highest BCUT2D eigenvalue weighted by Gasteiger charge is 2.30. The monoisotopic (exact) mass is 120 g/mol. The van der Waals surface area contributed by atoms with Crippen molar-refractivity contribution in [2.24, 2.45) is 0 Å². The molecule has 48 valence electrons. The maximum absolute atomic E-state index is 2.44. The molecule has 1 saturated carbocycles. The lowest BCUT2D eigenvalue weighted by molar-refractivity contribution is 0.614. The van der Waals surface area contributed by atoms with E-state index in [1.807, 2.05) is 0 Å². The lowest BCUT2D eigenvalue weighted by Gasteiger charge is -2.28. The van der Waals surface area contributed by atoms with E-state index in [1.54, 1.807) is 0 Å². The summed E-state index contributed by atoms with van der Waals surface area (Å²) in [6.07, 6.45) is 5.86. The second-order valence-electron chi connectivity index (χ2n) is 4.02. The highest BCUT2D eigenvalue weighted by molar-refractivity contribution is 6.41. The fourth-order valence-corrected chi connectivity index (χ4v) is 1.76. The summed E-state index contributed by atoms with van der Waals surface area (Å²) < 4.78 is 0. The van der Waals surface area contributed by atoms with Crippen LogP contribution in [0.3, 0.4) is 0 Å². The minimum Gasteiger partial charge on any atom is -0.0974 e. The van der Waals surface area contributed by atoms with Gasteiger partial charge in [0.2, 0.25) is 0 Å². The van der Waals surface area contributed by atoms with Crippen LogP contribution < -0.4 is 0 Å². The summed E-state index contributed by atoms with van der Waals surface area (Å²) in [4.78, 5) is 0. The van der Waals surface area contributed by atoms with Crippen LogP contribution in [-0.2, 0) is 0 Å². The van der Waals surface area contributed by atoms with Crippen molar-refractivity contribution >= 4 is 23.5 Å². The largest absolute Gasteiger partial charge is 0.108 e. The lowest BCUT2D eigenvalue weighted by Crippen LogP contribution is -2.15. The Morgan fingerprint density at radius 2 is 1.56 bits per heavy atom. The summed E-state index contributed by atoms with van der Waals surface area (Å²) in [5, 5.41) is 0.694. The Kier molecular flexibility index (Phi) is 1.98. The summed E-state index contributed by atoms with van der Waals surface area (Å²) >= 11 is 0. The Bertz CT molecular complexity index is 94.5. The molecule has 0 unspecified atom stereocenters. The summed E-state index contributed by atoms with van der Waals surface area (Å²) in [5.74, 6) is 0. The molecule has 1 rings (SSSR count). The zero-order valence-electron chi connectivity index (χ0n) is 6.91. The molecule has 0 radical (unpaired) electrons. The molecule has 0 amide bonds. The van der Waals surface area contributed by atoms with Gasteiger partial charge in [-0.25, -0.2) is 0 Å². The Balaban J connectivity index is 2.51. The molecule has 0 aromatic heterocycles. The standard InChI is InChI=1S/C6H15B3/c7-5(8)6(9)3-1-2-4-6/h5H,1-4,7-9H2. The van der Waals surface area contributed by atoms with Crippen molar-refractivity contribution in [1.29, 1.82) is 0 Å². The highest BCUT2D eigenvalue weighted by atomic mass is 14.3. The first-order chi connectivity index (χ1) is 4.15. The van der Waals surface area contributed by atoms with E-state index in [9.17, 15) is 0 Å². The zero-order chi connectivity index (χ0) is 6.91. The number of hydrogen-bond acceptors (Lipinski definition) is 0. The predicted octanol–water partition coefficient (Wildman–Crippen LogP) is -0.636. The first-order valence-corrected chi connectivity index (χ1v) is 4.15. The molecule has 0 atom stereocenters. The van der Waals surface area contributed by atoms with Gasteiger partial charge in [-0.3, -0.25) is 0 Å². The van der Waals surface area contributed by atoms with Crippen LogP contribution in [0.1, 0.15) is 25.7 Å². The maximum atomic E-state index is 2.44. The average molecular weight is 120 g/mol. The molecule has 0 bridgehead atoms. The van der Waals surface area contributed by atoms with Crippen molar-refractivity contribution in [2.45, 2.75) is 36.7 Å². The third kappa shape index (κ3) is 1.36. The van der Waals surface area contributed by atoms with E-state index < -0.39 is 0 Å². The smallest absolute Gasteiger partial charge is 0.0974 e. The van der Waals surface area contributed by atoms with E-state index in [2.05, 4.69) is 23.5 Å². The zero-order valence-corrected chi connectivity index (χ0v) is 6.91. The predicted molar refractivity (Wildman–Crippen MR) is 50.5 cm³/mol. The Morgan fingerprint density at radius 1 is 1.11 bits per heavy atom. The van der Waals surface area contributed by atoms with E-state index in [-0.39, 0.29) is 0 Å². The molecule has 0 aliphatic heterocycles. The Morgan fingerprint density at radius 3 is 1.78 bits per heavy atom. The van der Waals surface area contributed by atoms with Crippen molar-refractivity contribution in [3.63, 3.8) is 0 Å². The van der Waals surface area contributed by atoms with Crippen LogP contribution in [0.15, 0.2) is 0 Å². The third-order valence-electron chi connectivity index (χ3n) is 3.14. The first-order valence-electron chi connectivity index (χ1n) is 4.15. The molecule has 0 N–H and O–H groups in total. The van der Waals surface area contributed by atoms with Gasteiger partial charge in [0.25, 0.3) is 0 Å². The van der Waals surface area contributed by atoms with Gasteiger partial charge < -0.3 is 0 Å². The van der Waals surface area contributed by atoms with Crippen LogP contribution in [0.5, 0.6) is 0 Å². The van der Waals surface area contributed by atoms with Gasteiger partial charge in [0, 0.05) is 0 Å². The summed E-state index contributed by atoms with van der Waals surface area (Å²) in [6, 6.07) is 0. The normalized spacial score (nSPS) is 25.0. The molecule has 1 fully saturated rings. The second-order valence-corrected chi connectivity index (χ2v) is 4.02. The van der Waals surface area contributed by atoms with Crippen LogP contribution in [-0.4, -0.2) is 23.5 Å². The maximum Gasteiger partial charge on any atom is 0.108 e. The van der Waals surface area contributed by atoms with Crippen LogP contribution >= 0.6 is 0 Å². The SMILES string of the molecule is BC(B)C1(B)CCCC1. The average Bonchev–Trinajstić information content (AvgIpc) is 2.16. The van der Waals surface area contributed by atoms with Gasteiger partial charge >= 0.3 is 0 Å². The van der Waals surface area contributed by atoms with Crippen molar-refractivity contribution in [3.8, 4) is 0 Å². The van der Waals surface area contributed by atoms with E-state index in [0.717, 1.165) is 5.72 Å². The van der Waals surface area contributed by atoms with Gasteiger partial charge in [0.05, 0.1) is 15.7 Å². The second kappa shape index (κ2) is 2.44. The van der Waals surface area contributed by atoms with Gasteiger partial charge in [-0.2, -0.15) is 0 Å². The summed E-state index contributed by atoms with van der Waals surface area (Å²) in [6.45, 7) is 0. The van der Waals surface area contributed by atoms with Gasteiger partial charge in [-0.1, -0.05) is 36.7 Å². The quantitative estimate of drug-likeness (QED) is 0.403. The van der Waals surface area contributed by atoms with E-state index >= 15 is 0 Å². The summed E-state index contributed by atoms with van der Waals surface area (Å²) in [5.41, 5.74) is 0.889. The summed E-state index contributed by atoms with van der Waals surface area (Å²) in [7, 11) is 7.14. The molecular formula is C6H15B3. The van der Waals surface area contributed by atoms with Crippen LogP contribution in [0.4, 0.5) is 0 Å². The van der Waals surface area contributed by atoms with Gasteiger partial charge in [-0.05, 0) is 0 Å². The number of rotatable bonds is 1. The van der Waals surface area contributed by atoms with Crippen LogP contribution in [0, 0.1) is 0 Å². The minimum absolute atomic E-state index is 0.694. The molecule has 1 aliphatic carbocycles. The molecule has 0 nitrogen and oxygen atoms in total. The van der Waals surface area contributed by atoms with Gasteiger partial charge in [-0.15, -0.1) is 0 Å².